The van der Waals surface area contributed by atoms with Crippen molar-refractivity contribution in [3.63, 3.8) is 0 Å². The highest BCUT2D eigenvalue weighted by molar-refractivity contribution is 5.96. The number of aliphatic hydroxyl groups is 1. The zero-order valence-electron chi connectivity index (χ0n) is 16.8. The van der Waals surface area contributed by atoms with Crippen LogP contribution in [0.15, 0.2) is 69.9 Å². The summed E-state index contributed by atoms with van der Waals surface area (Å²) in [5.74, 6) is 0.430. The topological polar surface area (TPSA) is 80.0 Å². The highest BCUT2D eigenvalue weighted by atomic mass is 16.5. The lowest BCUT2D eigenvalue weighted by molar-refractivity contribution is 0.0154. The van der Waals surface area contributed by atoms with Gasteiger partial charge in [-0.2, -0.15) is 0 Å². The zero-order valence-corrected chi connectivity index (χ0v) is 16.8. The van der Waals surface area contributed by atoms with E-state index in [9.17, 15) is 14.7 Å². The van der Waals surface area contributed by atoms with E-state index in [1.807, 2.05) is 42.5 Å². The molecule has 1 aliphatic rings. The van der Waals surface area contributed by atoms with Crippen LogP contribution in [0, 0.1) is 5.41 Å². The van der Waals surface area contributed by atoms with Crippen molar-refractivity contribution in [2.75, 3.05) is 26.3 Å². The molecule has 1 aromatic heterocycles. The Kier molecular flexibility index (Phi) is 5.86. The largest absolute Gasteiger partial charge is 0.494 e. The van der Waals surface area contributed by atoms with Gasteiger partial charge in [-0.15, -0.1) is 0 Å². The molecule has 1 atom stereocenters. The van der Waals surface area contributed by atoms with Crippen molar-refractivity contribution in [2.24, 2.45) is 5.41 Å². The van der Waals surface area contributed by atoms with Gasteiger partial charge >= 0.3 is 5.63 Å². The summed E-state index contributed by atoms with van der Waals surface area (Å²) in [7, 11) is 0. The average molecular weight is 407 g/mol. The zero-order chi connectivity index (χ0) is 21.0. The third-order valence-electron chi connectivity index (χ3n) is 5.80. The van der Waals surface area contributed by atoms with Gasteiger partial charge in [0, 0.05) is 23.9 Å². The van der Waals surface area contributed by atoms with E-state index in [1.54, 1.807) is 23.1 Å². The van der Waals surface area contributed by atoms with Crippen LogP contribution in [0.5, 0.6) is 5.75 Å². The number of amides is 1. The Morgan fingerprint density at radius 2 is 1.90 bits per heavy atom. The Morgan fingerprint density at radius 3 is 2.70 bits per heavy atom. The van der Waals surface area contributed by atoms with Gasteiger partial charge in [0.2, 0.25) is 0 Å². The molecule has 1 amide bonds. The van der Waals surface area contributed by atoms with Crippen LogP contribution in [0.25, 0.3) is 11.0 Å². The van der Waals surface area contributed by atoms with Gasteiger partial charge in [0.15, 0.2) is 0 Å². The number of aliphatic hydroxyl groups excluding tert-OH is 1. The van der Waals surface area contributed by atoms with E-state index in [-0.39, 0.29) is 18.1 Å². The first kappa shape index (κ1) is 20.2. The molecule has 6 heteroatoms. The summed E-state index contributed by atoms with van der Waals surface area (Å²) in [4.78, 5) is 27.2. The van der Waals surface area contributed by atoms with Gasteiger partial charge in [-0.05, 0) is 43.5 Å². The molecule has 4 rings (SSSR count). The Bertz CT molecular complexity index is 1080. The SMILES string of the molecule is O=C(c1cc2ccccc2oc1=O)N1CCC[C@@](CO)(CCOc2ccccc2)C1. The fraction of sp³-hybridized carbons (Fsp3) is 0.333. The molecule has 1 fully saturated rings. The molecule has 0 saturated carbocycles. The van der Waals surface area contributed by atoms with E-state index in [2.05, 4.69) is 0 Å². The maximum Gasteiger partial charge on any atom is 0.349 e. The van der Waals surface area contributed by atoms with Gasteiger partial charge in [-0.3, -0.25) is 4.79 Å². The van der Waals surface area contributed by atoms with E-state index < -0.39 is 11.0 Å². The number of hydrogen-bond donors (Lipinski definition) is 1. The molecule has 0 unspecified atom stereocenters. The van der Waals surface area contributed by atoms with Crippen LogP contribution in [-0.4, -0.2) is 42.2 Å². The molecule has 2 aromatic carbocycles. The van der Waals surface area contributed by atoms with Gasteiger partial charge < -0.3 is 19.2 Å². The lowest BCUT2D eigenvalue weighted by Crippen LogP contribution is -2.49. The fourth-order valence-electron chi connectivity index (χ4n) is 4.08. The lowest BCUT2D eigenvalue weighted by atomic mass is 9.78. The first-order chi connectivity index (χ1) is 14.6. The van der Waals surface area contributed by atoms with Crippen molar-refractivity contribution in [1.29, 1.82) is 0 Å². The third kappa shape index (κ3) is 4.24. The van der Waals surface area contributed by atoms with Crippen LogP contribution < -0.4 is 10.4 Å². The lowest BCUT2D eigenvalue weighted by Gasteiger charge is -2.41. The first-order valence-corrected chi connectivity index (χ1v) is 10.2. The van der Waals surface area contributed by atoms with Gasteiger partial charge in [-0.25, -0.2) is 4.79 Å². The molecule has 6 nitrogen and oxygen atoms in total. The number of para-hydroxylation sites is 2. The van der Waals surface area contributed by atoms with Crippen LogP contribution in [0.2, 0.25) is 0 Å². The maximum absolute atomic E-state index is 13.1. The molecule has 1 aliphatic heterocycles. The number of hydrogen-bond acceptors (Lipinski definition) is 5. The first-order valence-electron chi connectivity index (χ1n) is 10.2. The molecule has 2 heterocycles. The van der Waals surface area contributed by atoms with E-state index in [0.717, 1.165) is 18.6 Å². The Hall–Kier alpha value is -3.12. The second kappa shape index (κ2) is 8.71. The molecular weight excluding hydrogens is 382 g/mol. The predicted molar refractivity (Wildman–Crippen MR) is 114 cm³/mol. The number of nitrogens with zero attached hydrogens (tertiary/aromatic N) is 1. The normalized spacial score (nSPS) is 19.0. The smallest absolute Gasteiger partial charge is 0.349 e. The van der Waals surface area contributed by atoms with Crippen molar-refractivity contribution in [3.8, 4) is 5.75 Å². The molecule has 156 valence electrons. The summed E-state index contributed by atoms with van der Waals surface area (Å²) < 4.78 is 11.1. The number of likely N-dealkylation sites (tertiary alicyclic amines) is 1. The van der Waals surface area contributed by atoms with Gasteiger partial charge in [-0.1, -0.05) is 36.4 Å². The van der Waals surface area contributed by atoms with Gasteiger partial charge in [0.1, 0.15) is 16.9 Å². The molecule has 0 radical (unpaired) electrons. The molecule has 0 spiro atoms. The van der Waals surface area contributed by atoms with Crippen molar-refractivity contribution < 1.29 is 19.1 Å². The molecule has 0 bridgehead atoms. The summed E-state index contributed by atoms with van der Waals surface area (Å²) in [6.45, 7) is 1.34. The van der Waals surface area contributed by atoms with Crippen LogP contribution in [0.3, 0.4) is 0 Å². The summed E-state index contributed by atoms with van der Waals surface area (Å²) in [6.07, 6.45) is 2.18. The number of carbonyl (C=O) groups is 1. The molecule has 1 N–H and O–H groups in total. The van der Waals surface area contributed by atoms with E-state index in [0.29, 0.717) is 37.1 Å². The highest BCUT2D eigenvalue weighted by Gasteiger charge is 2.37. The van der Waals surface area contributed by atoms with Crippen molar-refractivity contribution in [1.82, 2.24) is 4.90 Å². The minimum atomic E-state index is -0.633. The minimum Gasteiger partial charge on any atom is -0.494 e. The van der Waals surface area contributed by atoms with E-state index in [1.165, 1.54) is 0 Å². The molecule has 3 aromatic rings. The quantitative estimate of drug-likeness (QED) is 0.633. The van der Waals surface area contributed by atoms with E-state index in [4.69, 9.17) is 9.15 Å². The molecular formula is C24H25NO5. The Balaban J connectivity index is 1.48. The van der Waals surface area contributed by atoms with Crippen molar-refractivity contribution in [3.05, 3.63) is 76.6 Å². The second-order valence-corrected chi connectivity index (χ2v) is 7.89. The monoisotopic (exact) mass is 407 g/mol. The van der Waals surface area contributed by atoms with Crippen LogP contribution in [0.4, 0.5) is 0 Å². The summed E-state index contributed by atoms with van der Waals surface area (Å²) >= 11 is 0. The van der Waals surface area contributed by atoms with E-state index >= 15 is 0 Å². The number of piperidine rings is 1. The number of ether oxygens (including phenoxy) is 1. The summed E-state index contributed by atoms with van der Waals surface area (Å²) in [6, 6.07) is 18.3. The fourth-order valence-corrected chi connectivity index (χ4v) is 4.08. The van der Waals surface area contributed by atoms with Crippen LogP contribution >= 0.6 is 0 Å². The molecule has 30 heavy (non-hydrogen) atoms. The highest BCUT2D eigenvalue weighted by Crippen LogP contribution is 2.34. The number of fused-ring (bicyclic) bond motifs is 1. The van der Waals surface area contributed by atoms with Crippen LogP contribution in [-0.2, 0) is 0 Å². The van der Waals surface area contributed by atoms with Gasteiger partial charge in [0.05, 0.1) is 13.2 Å². The predicted octanol–water partition coefficient (Wildman–Crippen LogP) is 3.48. The number of carbonyl (C=O) groups excluding carboxylic acids is 1. The number of rotatable bonds is 6. The molecule has 0 aliphatic carbocycles. The summed E-state index contributed by atoms with van der Waals surface area (Å²) in [5, 5.41) is 10.8. The van der Waals surface area contributed by atoms with Crippen LogP contribution in [0.1, 0.15) is 29.6 Å². The van der Waals surface area contributed by atoms with Crippen molar-refractivity contribution >= 4 is 16.9 Å². The second-order valence-electron chi connectivity index (χ2n) is 7.89. The molecule has 1 saturated heterocycles. The minimum absolute atomic E-state index is 0.0305. The maximum atomic E-state index is 13.1. The summed E-state index contributed by atoms with van der Waals surface area (Å²) in [5.41, 5.74) is -0.588. The van der Waals surface area contributed by atoms with Crippen molar-refractivity contribution in [2.45, 2.75) is 19.3 Å². The standard InChI is InChI=1S/C24H25NO5/c26-17-24(12-14-29-19-8-2-1-3-9-19)11-6-13-25(16-24)22(27)20-15-18-7-4-5-10-21(18)30-23(20)28/h1-5,7-10,15,26H,6,11-14,16-17H2/t24-/m1/s1. The third-order valence-corrected chi connectivity index (χ3v) is 5.80. The Morgan fingerprint density at radius 1 is 1.13 bits per heavy atom. The number of benzene rings is 2. The van der Waals surface area contributed by atoms with Gasteiger partial charge in [0.25, 0.3) is 5.91 Å². The Labute approximate surface area is 174 Å². The average Bonchev–Trinajstić information content (AvgIpc) is 2.79.